The molecule has 5 nitrogen and oxygen atoms in total. The van der Waals surface area contributed by atoms with Crippen molar-refractivity contribution in [2.24, 2.45) is 11.7 Å². The summed E-state index contributed by atoms with van der Waals surface area (Å²) >= 11 is 0. The van der Waals surface area contributed by atoms with Gasteiger partial charge in [-0.2, -0.15) is 0 Å². The molecule has 3 N–H and O–H groups in total. The molecule has 1 aliphatic carbocycles. The molecule has 1 aromatic heterocycles. The van der Waals surface area contributed by atoms with E-state index < -0.39 is 15.4 Å². The zero-order chi connectivity index (χ0) is 15.3. The van der Waals surface area contributed by atoms with E-state index in [1.165, 1.54) is 12.7 Å². The van der Waals surface area contributed by atoms with E-state index in [0.717, 1.165) is 24.8 Å². The van der Waals surface area contributed by atoms with E-state index in [4.69, 9.17) is 5.73 Å². The minimum absolute atomic E-state index is 0.259. The first-order valence-corrected chi connectivity index (χ1v) is 9.17. The molecule has 6 heteroatoms. The largest absolute Gasteiger partial charge is 0.340 e. The number of H-pyrrole nitrogens is 1. The van der Waals surface area contributed by atoms with Gasteiger partial charge in [-0.05, 0) is 30.9 Å². The summed E-state index contributed by atoms with van der Waals surface area (Å²) < 4.78 is 23.8. The van der Waals surface area contributed by atoms with Gasteiger partial charge in [0, 0.05) is 6.26 Å². The number of hydrogen-bond acceptors (Lipinski definition) is 4. The number of para-hydroxylation sites is 1. The number of benzene rings is 1. The minimum atomic E-state index is -3.30. The molecular weight excluding hydrogens is 286 g/mol. The molecule has 114 valence electrons. The molecule has 1 aliphatic rings. The van der Waals surface area contributed by atoms with Gasteiger partial charge in [0.05, 0.1) is 16.0 Å². The Morgan fingerprint density at radius 1 is 1.43 bits per heavy atom. The van der Waals surface area contributed by atoms with Gasteiger partial charge in [-0.3, -0.25) is 0 Å². The third-order valence-corrected chi connectivity index (χ3v) is 5.51. The van der Waals surface area contributed by atoms with Crippen LogP contribution < -0.4 is 5.73 Å². The monoisotopic (exact) mass is 307 g/mol. The molecular formula is C15H21N3O2S. The maximum absolute atomic E-state index is 11.9. The van der Waals surface area contributed by atoms with Crippen LogP contribution in [0.1, 0.15) is 38.4 Å². The number of imidazole rings is 1. The van der Waals surface area contributed by atoms with E-state index in [1.54, 1.807) is 12.1 Å². The zero-order valence-electron chi connectivity index (χ0n) is 12.4. The fourth-order valence-corrected chi connectivity index (χ4v) is 4.18. The molecule has 1 saturated carbocycles. The minimum Gasteiger partial charge on any atom is -0.340 e. The Labute approximate surface area is 124 Å². The highest BCUT2D eigenvalue weighted by Crippen LogP contribution is 2.37. The smallest absolute Gasteiger partial charge is 0.177 e. The quantitative estimate of drug-likeness (QED) is 0.891. The highest BCUT2D eigenvalue weighted by atomic mass is 32.2. The second kappa shape index (κ2) is 4.81. The highest BCUT2D eigenvalue weighted by Gasteiger charge is 2.35. The van der Waals surface area contributed by atoms with E-state index in [9.17, 15) is 8.42 Å². The summed E-state index contributed by atoms with van der Waals surface area (Å²) in [7, 11) is -3.30. The Balaban J connectivity index is 2.14. The van der Waals surface area contributed by atoms with Crippen LogP contribution in [0.5, 0.6) is 0 Å². The lowest BCUT2D eigenvalue weighted by Crippen LogP contribution is -2.42. The van der Waals surface area contributed by atoms with Crippen molar-refractivity contribution < 1.29 is 8.42 Å². The third-order valence-electron chi connectivity index (χ3n) is 4.38. The van der Waals surface area contributed by atoms with Gasteiger partial charge in [-0.15, -0.1) is 0 Å². The number of rotatable bonds is 2. The van der Waals surface area contributed by atoms with Crippen molar-refractivity contribution >= 4 is 20.9 Å². The molecule has 0 saturated heterocycles. The van der Waals surface area contributed by atoms with E-state index in [0.29, 0.717) is 17.3 Å². The SMILES string of the molecule is CC1CCCC(N)(c2nc3c(S(C)(=O)=O)cccc3[nH]2)C1. The molecule has 1 heterocycles. The summed E-state index contributed by atoms with van der Waals surface area (Å²) in [6.07, 6.45) is 5.23. The zero-order valence-corrected chi connectivity index (χ0v) is 13.2. The van der Waals surface area contributed by atoms with Crippen LogP contribution in [0.4, 0.5) is 0 Å². The van der Waals surface area contributed by atoms with Gasteiger partial charge >= 0.3 is 0 Å². The molecule has 1 aromatic carbocycles. The van der Waals surface area contributed by atoms with Gasteiger partial charge in [-0.25, -0.2) is 13.4 Å². The maximum atomic E-state index is 11.9. The van der Waals surface area contributed by atoms with Crippen molar-refractivity contribution in [1.82, 2.24) is 9.97 Å². The van der Waals surface area contributed by atoms with Gasteiger partial charge in [0.25, 0.3) is 0 Å². The van der Waals surface area contributed by atoms with Gasteiger partial charge in [0.2, 0.25) is 0 Å². The molecule has 1 fully saturated rings. The molecule has 2 unspecified atom stereocenters. The summed E-state index contributed by atoms with van der Waals surface area (Å²) in [6.45, 7) is 2.20. The predicted octanol–water partition coefficient (Wildman–Crippen LogP) is 2.33. The molecule has 2 aromatic rings. The first-order valence-electron chi connectivity index (χ1n) is 7.28. The predicted molar refractivity (Wildman–Crippen MR) is 82.7 cm³/mol. The van der Waals surface area contributed by atoms with Crippen LogP contribution in [0.2, 0.25) is 0 Å². The van der Waals surface area contributed by atoms with Crippen molar-refractivity contribution in [1.29, 1.82) is 0 Å². The summed E-state index contributed by atoms with van der Waals surface area (Å²) in [6, 6.07) is 5.17. The summed E-state index contributed by atoms with van der Waals surface area (Å²) in [5.74, 6) is 1.27. The van der Waals surface area contributed by atoms with Crippen LogP contribution in [0.15, 0.2) is 23.1 Å². The van der Waals surface area contributed by atoms with Crippen molar-refractivity contribution in [3.8, 4) is 0 Å². The number of nitrogens with zero attached hydrogens (tertiary/aromatic N) is 1. The Morgan fingerprint density at radius 3 is 2.86 bits per heavy atom. The van der Waals surface area contributed by atoms with Crippen LogP contribution in [0.25, 0.3) is 11.0 Å². The lowest BCUT2D eigenvalue weighted by Gasteiger charge is -2.35. The lowest BCUT2D eigenvalue weighted by atomic mass is 9.76. The van der Waals surface area contributed by atoms with E-state index >= 15 is 0 Å². The van der Waals surface area contributed by atoms with Crippen molar-refractivity contribution in [3.05, 3.63) is 24.0 Å². The average Bonchev–Trinajstić information content (AvgIpc) is 2.81. The fourth-order valence-electron chi connectivity index (χ4n) is 3.35. The lowest BCUT2D eigenvalue weighted by molar-refractivity contribution is 0.230. The average molecular weight is 307 g/mol. The number of sulfone groups is 1. The highest BCUT2D eigenvalue weighted by molar-refractivity contribution is 7.91. The van der Waals surface area contributed by atoms with Gasteiger partial charge in [0.15, 0.2) is 9.84 Å². The molecule has 0 bridgehead atoms. The number of hydrogen-bond donors (Lipinski definition) is 2. The summed E-state index contributed by atoms with van der Waals surface area (Å²) in [5.41, 5.74) is 7.30. The molecule has 0 amide bonds. The second-order valence-corrected chi connectivity index (χ2v) is 8.35. The third kappa shape index (κ3) is 2.58. The number of nitrogens with one attached hydrogen (secondary N) is 1. The number of nitrogens with two attached hydrogens (primary N) is 1. The normalized spacial score (nSPS) is 27.1. The second-order valence-electron chi connectivity index (χ2n) is 6.37. The van der Waals surface area contributed by atoms with Gasteiger partial charge < -0.3 is 10.7 Å². The van der Waals surface area contributed by atoms with Gasteiger partial charge in [0.1, 0.15) is 11.3 Å². The van der Waals surface area contributed by atoms with Gasteiger partial charge in [-0.1, -0.05) is 25.8 Å². The molecule has 3 rings (SSSR count). The van der Waals surface area contributed by atoms with Crippen LogP contribution in [-0.2, 0) is 15.4 Å². The van der Waals surface area contributed by atoms with Crippen LogP contribution >= 0.6 is 0 Å². The molecule has 21 heavy (non-hydrogen) atoms. The van der Waals surface area contributed by atoms with Crippen molar-refractivity contribution in [3.63, 3.8) is 0 Å². The molecule has 0 aliphatic heterocycles. The number of aromatic amines is 1. The molecule has 2 atom stereocenters. The first kappa shape index (κ1) is 14.5. The topological polar surface area (TPSA) is 88.8 Å². The van der Waals surface area contributed by atoms with Crippen LogP contribution in [0.3, 0.4) is 0 Å². The van der Waals surface area contributed by atoms with Crippen molar-refractivity contribution in [2.45, 2.75) is 43.0 Å². The number of fused-ring (bicyclic) bond motifs is 1. The molecule has 0 radical (unpaired) electrons. The van der Waals surface area contributed by atoms with E-state index in [1.807, 2.05) is 6.07 Å². The Kier molecular flexibility index (Phi) is 3.33. The van der Waals surface area contributed by atoms with E-state index in [-0.39, 0.29) is 4.90 Å². The van der Waals surface area contributed by atoms with Crippen LogP contribution in [-0.4, -0.2) is 24.6 Å². The molecule has 0 spiro atoms. The van der Waals surface area contributed by atoms with Crippen LogP contribution in [0, 0.1) is 5.92 Å². The summed E-state index contributed by atoms with van der Waals surface area (Å²) in [4.78, 5) is 8.05. The fraction of sp³-hybridized carbons (Fsp3) is 0.533. The Bertz CT molecular complexity index is 781. The standard InChI is InChI=1S/C15H21N3O2S/c1-10-5-4-8-15(16,9-10)14-17-11-6-3-7-12(13(11)18-14)21(2,19)20/h3,6-7,10H,4-5,8-9,16H2,1-2H3,(H,17,18). The Hall–Kier alpha value is -1.40. The first-order chi connectivity index (χ1) is 9.79. The Morgan fingerprint density at radius 2 is 2.19 bits per heavy atom. The number of aromatic nitrogens is 2. The van der Waals surface area contributed by atoms with Crippen molar-refractivity contribution in [2.75, 3.05) is 6.26 Å². The maximum Gasteiger partial charge on any atom is 0.177 e. The summed E-state index contributed by atoms with van der Waals surface area (Å²) in [5, 5.41) is 0. The van der Waals surface area contributed by atoms with E-state index in [2.05, 4.69) is 16.9 Å².